The molecule has 2 heterocycles. The van der Waals surface area contributed by atoms with Crippen LogP contribution in [0.2, 0.25) is 0 Å². The van der Waals surface area contributed by atoms with Crippen molar-refractivity contribution in [1.29, 1.82) is 0 Å². The number of rotatable bonds is 4. The Morgan fingerprint density at radius 2 is 1.29 bits per heavy atom. The molecule has 14 heteroatoms. The van der Waals surface area contributed by atoms with E-state index in [0.29, 0.717) is 5.56 Å². The molecule has 51 heavy (non-hydrogen) atoms. The molecular weight excluding hydrogens is 668 g/mol. The maximum Gasteiger partial charge on any atom is 0.338 e. The van der Waals surface area contributed by atoms with E-state index >= 15 is 0 Å². The summed E-state index contributed by atoms with van der Waals surface area (Å²) in [7, 11) is 0. The largest absolute Gasteiger partial charge is 0.508 e. The van der Waals surface area contributed by atoms with E-state index in [-0.39, 0.29) is 69.4 Å². The number of hydrogen-bond acceptors (Lipinski definition) is 14. The minimum atomic E-state index is -1.24. The molecule has 0 radical (unpaired) electrons. The second kappa shape index (κ2) is 12.0. The van der Waals surface area contributed by atoms with Gasteiger partial charge in [-0.15, -0.1) is 0 Å². The van der Waals surface area contributed by atoms with Crippen molar-refractivity contribution in [2.45, 2.75) is 38.1 Å². The average molecular weight is 699 g/mol. The topological polar surface area (TPSA) is 244 Å². The lowest BCUT2D eigenvalue weighted by molar-refractivity contribution is -0.0188. The summed E-state index contributed by atoms with van der Waals surface area (Å²) in [4.78, 5) is 27.2. The van der Waals surface area contributed by atoms with Crippen molar-refractivity contribution in [2.24, 2.45) is 5.92 Å². The summed E-state index contributed by atoms with van der Waals surface area (Å²) in [5, 5.41) is 93.2. The molecule has 0 unspecified atom stereocenters. The van der Waals surface area contributed by atoms with E-state index in [1.807, 2.05) is 0 Å². The van der Waals surface area contributed by atoms with Crippen LogP contribution in [-0.2, 0) is 17.6 Å². The van der Waals surface area contributed by atoms with E-state index in [2.05, 4.69) is 0 Å². The van der Waals surface area contributed by atoms with Gasteiger partial charge >= 0.3 is 5.97 Å². The van der Waals surface area contributed by atoms with Crippen LogP contribution in [0.3, 0.4) is 0 Å². The smallest absolute Gasteiger partial charge is 0.338 e. The van der Waals surface area contributed by atoms with Gasteiger partial charge in [0.2, 0.25) is 5.43 Å². The van der Waals surface area contributed by atoms with Crippen molar-refractivity contribution in [3.63, 3.8) is 0 Å². The number of fused-ring (bicyclic) bond motifs is 3. The second-order valence-corrected chi connectivity index (χ2v) is 12.6. The number of carbonyl (C=O) groups excluding carboxylic acids is 1. The number of aromatic hydroxyl groups is 9. The minimum absolute atomic E-state index is 0.0611. The van der Waals surface area contributed by atoms with Crippen LogP contribution >= 0.6 is 0 Å². The van der Waals surface area contributed by atoms with Crippen molar-refractivity contribution >= 4 is 16.7 Å². The minimum Gasteiger partial charge on any atom is -0.508 e. The van der Waals surface area contributed by atoms with Gasteiger partial charge in [0.05, 0.1) is 10.9 Å². The van der Waals surface area contributed by atoms with Crippen LogP contribution in [-0.4, -0.2) is 58.0 Å². The first-order valence-corrected chi connectivity index (χ1v) is 15.6. The van der Waals surface area contributed by atoms with Gasteiger partial charge in [-0.2, -0.15) is 0 Å². The molecule has 0 bridgehead atoms. The number of carbonyl (C=O) groups is 1. The summed E-state index contributed by atoms with van der Waals surface area (Å²) < 4.78 is 18.1. The van der Waals surface area contributed by atoms with Crippen molar-refractivity contribution < 1.29 is 65.0 Å². The fourth-order valence-corrected chi connectivity index (χ4v) is 6.71. The highest BCUT2D eigenvalue weighted by Gasteiger charge is 2.38. The molecule has 0 fully saturated rings. The third-order valence-electron chi connectivity index (χ3n) is 9.17. The molecule has 5 aromatic carbocycles. The number of ether oxygens (including phenoxy) is 3. The van der Waals surface area contributed by atoms with Gasteiger partial charge in [-0.05, 0) is 36.1 Å². The third kappa shape index (κ3) is 5.65. The molecule has 0 amide bonds. The molecule has 0 saturated heterocycles. The summed E-state index contributed by atoms with van der Waals surface area (Å²) >= 11 is 0. The van der Waals surface area contributed by atoms with Crippen molar-refractivity contribution in [3.8, 4) is 63.2 Å². The first-order valence-electron chi connectivity index (χ1n) is 15.6. The standard InChI is InChI=1S/C37H30O14/c1-14-4-21-24(41)8-17(38)10-29(21)49-35(14)20-12-28(45)34(47)32-19(20)5-16(7-27(44)33(32)46)37(48)51-31-13-22-25(42)9-18(39)11-30(22)50-36(31)15-2-3-23(40)26(43)6-15/h2-3,5-12,14,31,35-36,38-43,45,47H,4,13H2,1H3,(H,44,46)/t14-,31-,35+,36-/m1/s1. The molecule has 2 aliphatic rings. The normalized spacial score (nSPS) is 19.3. The Labute approximate surface area is 287 Å². The molecule has 14 nitrogen and oxygen atoms in total. The first kappa shape index (κ1) is 32.8. The van der Waals surface area contributed by atoms with E-state index in [1.165, 1.54) is 42.5 Å². The van der Waals surface area contributed by atoms with Crippen molar-refractivity contribution in [3.05, 3.63) is 98.7 Å². The van der Waals surface area contributed by atoms with Crippen LogP contribution in [0, 0.1) is 5.92 Å². The average Bonchev–Trinajstić information content (AvgIpc) is 3.20. The van der Waals surface area contributed by atoms with Gasteiger partial charge in [-0.3, -0.25) is 4.79 Å². The Balaban J connectivity index is 1.34. The lowest BCUT2D eigenvalue weighted by Crippen LogP contribution is -2.34. The van der Waals surface area contributed by atoms with Crippen LogP contribution in [0.15, 0.2) is 65.5 Å². The van der Waals surface area contributed by atoms with E-state index in [0.717, 1.165) is 18.2 Å². The molecule has 7 rings (SSSR count). The van der Waals surface area contributed by atoms with Crippen LogP contribution in [0.5, 0.6) is 63.2 Å². The Morgan fingerprint density at radius 1 is 0.667 bits per heavy atom. The molecule has 262 valence electrons. The summed E-state index contributed by atoms with van der Waals surface area (Å²) in [6, 6.07) is 11.7. The molecule has 0 aromatic heterocycles. The van der Waals surface area contributed by atoms with Gasteiger partial charge in [0, 0.05) is 64.9 Å². The van der Waals surface area contributed by atoms with Crippen LogP contribution in [0.1, 0.15) is 51.7 Å². The van der Waals surface area contributed by atoms with Crippen LogP contribution in [0.25, 0.3) is 10.8 Å². The first-order chi connectivity index (χ1) is 24.2. The van der Waals surface area contributed by atoms with E-state index in [9.17, 15) is 55.5 Å². The quantitative estimate of drug-likeness (QED) is 0.0908. The van der Waals surface area contributed by atoms with E-state index < -0.39 is 75.3 Å². The monoisotopic (exact) mass is 698 g/mol. The van der Waals surface area contributed by atoms with Gasteiger partial charge < -0.3 is 60.2 Å². The van der Waals surface area contributed by atoms with Gasteiger partial charge in [-0.1, -0.05) is 13.0 Å². The fourth-order valence-electron chi connectivity index (χ4n) is 6.71. The lowest BCUT2D eigenvalue weighted by atomic mass is 9.85. The zero-order valence-corrected chi connectivity index (χ0v) is 26.6. The number of phenols is 8. The maximum atomic E-state index is 14.0. The lowest BCUT2D eigenvalue weighted by Gasteiger charge is -2.34. The Kier molecular flexibility index (Phi) is 7.73. The van der Waals surface area contributed by atoms with E-state index in [4.69, 9.17) is 14.2 Å². The second-order valence-electron chi connectivity index (χ2n) is 12.6. The molecule has 0 spiro atoms. The van der Waals surface area contributed by atoms with Gasteiger partial charge in [-0.25, -0.2) is 4.79 Å². The number of benzene rings is 4. The highest BCUT2D eigenvalue weighted by molar-refractivity contribution is 6.01. The Bertz CT molecular complexity index is 2340. The number of phenolic OH excluding ortho intramolecular Hbond substituents is 8. The zero-order valence-electron chi connectivity index (χ0n) is 26.6. The maximum absolute atomic E-state index is 14.0. The van der Waals surface area contributed by atoms with E-state index in [1.54, 1.807) is 6.92 Å². The van der Waals surface area contributed by atoms with Gasteiger partial charge in [0.15, 0.2) is 34.9 Å². The molecule has 5 aromatic rings. The molecular formula is C37H30O14. The SMILES string of the molecule is C[C@@H]1Cc2c(O)cc(O)cc2O[C@@H]1c1cc(O)c(O)c2c(O)c(=O)cc(C(=O)O[C@@H]3Cc4c(O)cc(O)cc4O[C@@H]3c3ccc(O)c(O)c3)cc12. The summed E-state index contributed by atoms with van der Waals surface area (Å²) in [6.07, 6.45) is -3.28. The van der Waals surface area contributed by atoms with Crippen molar-refractivity contribution in [2.75, 3.05) is 0 Å². The molecule has 0 aliphatic carbocycles. The number of esters is 1. The number of hydrogen-bond donors (Lipinski definition) is 9. The Morgan fingerprint density at radius 3 is 1.94 bits per heavy atom. The molecule has 9 N–H and O–H groups in total. The van der Waals surface area contributed by atoms with Crippen LogP contribution < -0.4 is 14.9 Å². The highest BCUT2D eigenvalue weighted by Crippen LogP contribution is 2.49. The predicted molar refractivity (Wildman–Crippen MR) is 177 cm³/mol. The van der Waals surface area contributed by atoms with Crippen molar-refractivity contribution in [1.82, 2.24) is 0 Å². The molecule has 4 atom stereocenters. The summed E-state index contributed by atoms with van der Waals surface area (Å²) in [5.41, 5.74) is -0.537. The zero-order chi connectivity index (χ0) is 36.5. The summed E-state index contributed by atoms with van der Waals surface area (Å²) in [6.45, 7) is 1.77. The van der Waals surface area contributed by atoms with Gasteiger partial charge in [0.1, 0.15) is 46.7 Å². The summed E-state index contributed by atoms with van der Waals surface area (Å²) in [5.74, 6) is -5.94. The predicted octanol–water partition coefficient (Wildman–Crippen LogP) is 4.76. The third-order valence-corrected chi connectivity index (χ3v) is 9.17. The molecule has 0 saturated carbocycles. The molecule has 2 aliphatic heterocycles. The highest BCUT2D eigenvalue weighted by atomic mass is 16.6. The van der Waals surface area contributed by atoms with Gasteiger partial charge in [0.25, 0.3) is 0 Å². The fraction of sp³-hybridized carbons (Fsp3) is 0.189. The van der Waals surface area contributed by atoms with Crippen LogP contribution in [0.4, 0.5) is 0 Å². The Hall–Kier alpha value is -6.70.